The van der Waals surface area contributed by atoms with Crippen LogP contribution in [0.25, 0.3) is 0 Å². The van der Waals surface area contributed by atoms with Crippen LogP contribution in [0.1, 0.15) is 37.1 Å². The number of hydrogen-bond acceptors (Lipinski definition) is 4. The highest BCUT2D eigenvalue weighted by Gasteiger charge is 2.37. The first kappa shape index (κ1) is 19.9. The zero-order valence-corrected chi connectivity index (χ0v) is 15.9. The molecule has 5 nitrogen and oxygen atoms in total. The average Bonchev–Trinajstić information content (AvgIpc) is 2.61. The van der Waals surface area contributed by atoms with E-state index in [1.54, 1.807) is 20.0 Å². The highest BCUT2D eigenvalue weighted by molar-refractivity contribution is 5.74. The van der Waals surface area contributed by atoms with Gasteiger partial charge >= 0.3 is 5.97 Å². The Morgan fingerprint density at radius 3 is 2.65 bits per heavy atom. The number of nitrogens with zero attached hydrogens (tertiary/aromatic N) is 1. The Balaban J connectivity index is 2.01. The molecule has 140 valence electrons. The second kappa shape index (κ2) is 8.81. The molecule has 1 N–H and O–H groups in total. The molecule has 2 rings (SSSR count). The van der Waals surface area contributed by atoms with Gasteiger partial charge in [0.1, 0.15) is 5.75 Å². The average molecular weight is 357 g/mol. The van der Waals surface area contributed by atoms with E-state index in [-0.39, 0.29) is 6.61 Å². The number of carboxylic acids is 1. The summed E-state index contributed by atoms with van der Waals surface area (Å²) in [6.07, 6.45) is 1.67. The van der Waals surface area contributed by atoms with E-state index in [0.29, 0.717) is 13.0 Å². The van der Waals surface area contributed by atoms with Crippen LogP contribution in [0.2, 0.25) is 0 Å². The molecule has 0 radical (unpaired) electrons. The second-order valence-corrected chi connectivity index (χ2v) is 7.05. The number of carboxylic acid groups (broad SMARTS) is 1. The maximum absolute atomic E-state index is 11.7. The van der Waals surface area contributed by atoms with Gasteiger partial charge in [-0.3, -0.25) is 9.78 Å². The van der Waals surface area contributed by atoms with E-state index in [4.69, 9.17) is 9.47 Å². The minimum atomic E-state index is -1.03. The van der Waals surface area contributed by atoms with Gasteiger partial charge in [0.2, 0.25) is 0 Å². The van der Waals surface area contributed by atoms with E-state index in [2.05, 4.69) is 4.98 Å². The third-order valence-electron chi connectivity index (χ3n) is 4.50. The van der Waals surface area contributed by atoms with Crippen molar-refractivity contribution >= 4 is 5.97 Å². The van der Waals surface area contributed by atoms with Gasteiger partial charge in [0.25, 0.3) is 0 Å². The van der Waals surface area contributed by atoms with Crippen molar-refractivity contribution in [2.45, 2.75) is 46.8 Å². The third-order valence-corrected chi connectivity index (χ3v) is 4.50. The van der Waals surface area contributed by atoms with Crippen LogP contribution in [0.15, 0.2) is 42.6 Å². The number of carbonyl (C=O) groups is 1. The van der Waals surface area contributed by atoms with Gasteiger partial charge in [-0.2, -0.15) is 0 Å². The van der Waals surface area contributed by atoms with Gasteiger partial charge in [0.05, 0.1) is 30.4 Å². The number of aryl methyl sites for hydroxylation is 2. The number of aliphatic carboxylic acids is 1. The Hall–Kier alpha value is -2.40. The van der Waals surface area contributed by atoms with E-state index in [1.165, 1.54) is 0 Å². The lowest BCUT2D eigenvalue weighted by Crippen LogP contribution is -2.40. The minimum absolute atomic E-state index is 0.270. The van der Waals surface area contributed by atoms with Crippen molar-refractivity contribution in [3.63, 3.8) is 0 Å². The molecule has 1 aromatic heterocycles. The first-order valence-electron chi connectivity index (χ1n) is 8.75. The van der Waals surface area contributed by atoms with Crippen molar-refractivity contribution in [3.8, 4) is 5.75 Å². The summed E-state index contributed by atoms with van der Waals surface area (Å²) >= 11 is 0. The molecule has 5 heteroatoms. The summed E-state index contributed by atoms with van der Waals surface area (Å²) in [5.41, 5.74) is 1.92. The van der Waals surface area contributed by atoms with Crippen LogP contribution in [0.3, 0.4) is 0 Å². The van der Waals surface area contributed by atoms with Crippen molar-refractivity contribution in [1.29, 1.82) is 0 Å². The monoisotopic (exact) mass is 357 g/mol. The first-order valence-corrected chi connectivity index (χ1v) is 8.75. The van der Waals surface area contributed by atoms with E-state index in [9.17, 15) is 9.90 Å². The molecule has 1 unspecified atom stereocenters. The van der Waals surface area contributed by atoms with Gasteiger partial charge in [-0.05, 0) is 57.0 Å². The minimum Gasteiger partial charge on any atom is -0.493 e. The smallest absolute Gasteiger partial charge is 0.311 e. The summed E-state index contributed by atoms with van der Waals surface area (Å²) in [6, 6.07) is 11.6. The van der Waals surface area contributed by atoms with Crippen LogP contribution < -0.4 is 4.74 Å². The lowest BCUT2D eigenvalue weighted by molar-refractivity contribution is -0.158. The lowest BCUT2D eigenvalue weighted by Gasteiger charge is -2.30. The summed E-state index contributed by atoms with van der Waals surface area (Å²) in [4.78, 5) is 15.9. The van der Waals surface area contributed by atoms with Crippen LogP contribution in [0.5, 0.6) is 5.75 Å². The Kier molecular flexibility index (Phi) is 6.75. The maximum Gasteiger partial charge on any atom is 0.311 e. The number of benzene rings is 1. The zero-order chi connectivity index (χ0) is 19.2. The molecule has 0 amide bonds. The molecular formula is C21H27NO4. The molecule has 0 saturated carbocycles. The fourth-order valence-electron chi connectivity index (χ4n) is 2.60. The molecule has 26 heavy (non-hydrogen) atoms. The van der Waals surface area contributed by atoms with Gasteiger partial charge in [0.15, 0.2) is 0 Å². The molecule has 1 heterocycles. The highest BCUT2D eigenvalue weighted by atomic mass is 16.5. The SMILES string of the molecule is Cc1ccc(C)c(OCCC(OCc2ccccn2)C(C)(C)C(=O)O)c1. The van der Waals surface area contributed by atoms with E-state index in [0.717, 1.165) is 22.6 Å². The van der Waals surface area contributed by atoms with Crippen molar-refractivity contribution in [3.05, 3.63) is 59.4 Å². The van der Waals surface area contributed by atoms with Gasteiger partial charge in [-0.1, -0.05) is 18.2 Å². The largest absolute Gasteiger partial charge is 0.493 e. The van der Waals surface area contributed by atoms with Crippen LogP contribution in [-0.4, -0.2) is 28.8 Å². The number of ether oxygens (including phenoxy) is 2. The summed E-state index contributed by atoms with van der Waals surface area (Å²) in [7, 11) is 0. The standard InChI is InChI=1S/C21H27NO4/c1-15-8-9-16(2)18(13-15)25-12-10-19(21(3,4)20(23)24)26-14-17-7-5-6-11-22-17/h5-9,11,13,19H,10,12,14H2,1-4H3,(H,23,24). The number of hydrogen-bond donors (Lipinski definition) is 1. The normalized spacial score (nSPS) is 12.6. The summed E-state index contributed by atoms with van der Waals surface area (Å²) in [5, 5.41) is 9.57. The summed E-state index contributed by atoms with van der Waals surface area (Å²) < 4.78 is 11.8. The van der Waals surface area contributed by atoms with Crippen LogP contribution >= 0.6 is 0 Å². The fourth-order valence-corrected chi connectivity index (χ4v) is 2.60. The molecule has 0 aliphatic rings. The van der Waals surface area contributed by atoms with Crippen molar-refractivity contribution in [2.24, 2.45) is 5.41 Å². The molecular weight excluding hydrogens is 330 g/mol. The van der Waals surface area contributed by atoms with Crippen LogP contribution in [0.4, 0.5) is 0 Å². The Labute approximate surface area is 155 Å². The number of pyridine rings is 1. The summed E-state index contributed by atoms with van der Waals surface area (Å²) in [6.45, 7) is 8.01. The topological polar surface area (TPSA) is 68.7 Å². The van der Waals surface area contributed by atoms with Gasteiger partial charge in [-0.25, -0.2) is 0 Å². The van der Waals surface area contributed by atoms with Crippen LogP contribution in [0, 0.1) is 19.3 Å². The molecule has 0 fully saturated rings. The number of aromatic nitrogens is 1. The van der Waals surface area contributed by atoms with Crippen molar-refractivity contribution < 1.29 is 19.4 Å². The van der Waals surface area contributed by atoms with E-state index in [1.807, 2.05) is 50.2 Å². The van der Waals surface area contributed by atoms with Crippen LogP contribution in [-0.2, 0) is 16.1 Å². The second-order valence-electron chi connectivity index (χ2n) is 7.05. The number of rotatable bonds is 9. The predicted molar refractivity (Wildman–Crippen MR) is 100 cm³/mol. The summed E-state index contributed by atoms with van der Waals surface area (Å²) in [5.74, 6) is -0.0723. The van der Waals surface area contributed by atoms with E-state index < -0.39 is 17.5 Å². The maximum atomic E-state index is 11.7. The molecule has 0 aliphatic carbocycles. The predicted octanol–water partition coefficient (Wildman–Crippen LogP) is 4.16. The molecule has 1 aromatic carbocycles. The first-order chi connectivity index (χ1) is 12.3. The highest BCUT2D eigenvalue weighted by Crippen LogP contribution is 2.28. The Morgan fingerprint density at radius 1 is 1.23 bits per heavy atom. The van der Waals surface area contributed by atoms with E-state index >= 15 is 0 Å². The fraction of sp³-hybridized carbons (Fsp3) is 0.429. The molecule has 0 bridgehead atoms. The quantitative estimate of drug-likeness (QED) is 0.730. The molecule has 0 spiro atoms. The van der Waals surface area contributed by atoms with Crippen molar-refractivity contribution in [2.75, 3.05) is 6.61 Å². The molecule has 0 aliphatic heterocycles. The zero-order valence-electron chi connectivity index (χ0n) is 15.9. The molecule has 0 saturated heterocycles. The Morgan fingerprint density at radius 2 is 2.00 bits per heavy atom. The lowest BCUT2D eigenvalue weighted by atomic mass is 9.85. The van der Waals surface area contributed by atoms with Gasteiger partial charge < -0.3 is 14.6 Å². The van der Waals surface area contributed by atoms with Gasteiger partial charge in [0, 0.05) is 12.6 Å². The molecule has 1 atom stereocenters. The molecule has 2 aromatic rings. The Bertz CT molecular complexity index is 728. The van der Waals surface area contributed by atoms with Gasteiger partial charge in [-0.15, -0.1) is 0 Å². The van der Waals surface area contributed by atoms with Crippen molar-refractivity contribution in [1.82, 2.24) is 4.98 Å². The third kappa shape index (κ3) is 5.30.